The predicted molar refractivity (Wildman–Crippen MR) is 83.0 cm³/mol. The predicted octanol–water partition coefficient (Wildman–Crippen LogP) is 2.65. The van der Waals surface area contributed by atoms with Gasteiger partial charge in [0.15, 0.2) is 0 Å². The van der Waals surface area contributed by atoms with Gasteiger partial charge in [0.1, 0.15) is 7.28 Å². The lowest BCUT2D eigenvalue weighted by molar-refractivity contribution is 0.0699. The Morgan fingerprint density at radius 1 is 1.42 bits per heavy atom. The van der Waals surface area contributed by atoms with E-state index in [1.54, 1.807) is 0 Å². The Morgan fingerprint density at radius 2 is 2.16 bits per heavy atom. The van der Waals surface area contributed by atoms with Crippen molar-refractivity contribution in [1.82, 2.24) is 4.90 Å². The number of allylic oxidation sites excluding steroid dienone is 1. The van der Waals surface area contributed by atoms with Gasteiger partial charge in [-0.15, -0.1) is 11.6 Å². The van der Waals surface area contributed by atoms with Crippen molar-refractivity contribution < 1.29 is 5.11 Å². The number of hydrogen-bond donors (Lipinski definition) is 1. The molecule has 0 saturated carbocycles. The first-order valence-electron chi connectivity index (χ1n) is 6.94. The maximum absolute atomic E-state index is 10.2. The summed E-state index contributed by atoms with van der Waals surface area (Å²) in [4.78, 5) is 2.19. The molecular formula is C15H21BClNO. The second kappa shape index (κ2) is 7.02. The van der Waals surface area contributed by atoms with Crippen LogP contribution < -0.4 is 0 Å². The first kappa shape index (κ1) is 14.5. The third kappa shape index (κ3) is 3.77. The molecule has 0 spiro atoms. The SMILES string of the molecule is C=C(CCl)N(Cc1ccccc1)[C@H]1CCBC[C@@H]1O. The van der Waals surface area contributed by atoms with Crippen LogP contribution in [0.4, 0.5) is 0 Å². The molecule has 2 rings (SSSR count). The molecule has 0 aliphatic carbocycles. The van der Waals surface area contributed by atoms with E-state index in [1.807, 2.05) is 18.2 Å². The van der Waals surface area contributed by atoms with Gasteiger partial charge in [0.2, 0.25) is 0 Å². The Labute approximate surface area is 121 Å². The van der Waals surface area contributed by atoms with Gasteiger partial charge in [-0.05, 0) is 18.3 Å². The molecule has 1 heterocycles. The van der Waals surface area contributed by atoms with E-state index < -0.39 is 0 Å². The summed E-state index contributed by atoms with van der Waals surface area (Å²) < 4.78 is 0. The molecule has 1 aliphatic rings. The molecule has 1 aromatic carbocycles. The maximum Gasteiger partial charge on any atom is 0.124 e. The number of rotatable bonds is 5. The van der Waals surface area contributed by atoms with Crippen LogP contribution in [0.2, 0.25) is 12.6 Å². The van der Waals surface area contributed by atoms with E-state index in [1.165, 1.54) is 11.9 Å². The lowest BCUT2D eigenvalue weighted by Gasteiger charge is -2.39. The largest absolute Gasteiger partial charge is 0.392 e. The van der Waals surface area contributed by atoms with Crippen LogP contribution in [0, 0.1) is 0 Å². The molecule has 102 valence electrons. The smallest absolute Gasteiger partial charge is 0.124 e. The number of aliphatic hydroxyl groups excluding tert-OH is 1. The number of nitrogens with zero attached hydrogens (tertiary/aromatic N) is 1. The van der Waals surface area contributed by atoms with Gasteiger partial charge >= 0.3 is 0 Å². The van der Waals surface area contributed by atoms with Crippen molar-refractivity contribution in [1.29, 1.82) is 0 Å². The molecule has 2 nitrogen and oxygen atoms in total. The van der Waals surface area contributed by atoms with E-state index in [9.17, 15) is 5.11 Å². The van der Waals surface area contributed by atoms with Gasteiger partial charge in [-0.1, -0.05) is 43.2 Å². The van der Waals surface area contributed by atoms with E-state index >= 15 is 0 Å². The van der Waals surface area contributed by atoms with Crippen LogP contribution in [-0.2, 0) is 6.54 Å². The summed E-state index contributed by atoms with van der Waals surface area (Å²) in [5.41, 5.74) is 2.13. The molecule has 1 aliphatic heterocycles. The summed E-state index contributed by atoms with van der Waals surface area (Å²) in [6, 6.07) is 10.4. The molecule has 0 aromatic heterocycles. The standard InChI is InChI=1S/C15H21BClNO/c1-12(10-17)18(11-13-5-3-2-4-6-13)14-7-8-16-9-15(14)19/h2-6,14-16,19H,1,7-11H2/t14-,15-/m0/s1. The third-order valence-corrected chi connectivity index (χ3v) is 4.16. The zero-order valence-electron chi connectivity index (χ0n) is 11.3. The number of alkyl halides is 1. The summed E-state index contributed by atoms with van der Waals surface area (Å²) in [6.45, 7) is 4.83. The minimum absolute atomic E-state index is 0.153. The van der Waals surface area contributed by atoms with Gasteiger partial charge in [0, 0.05) is 12.2 Å². The van der Waals surface area contributed by atoms with E-state index in [0.29, 0.717) is 5.88 Å². The zero-order chi connectivity index (χ0) is 13.7. The van der Waals surface area contributed by atoms with Gasteiger partial charge < -0.3 is 10.0 Å². The maximum atomic E-state index is 10.2. The highest BCUT2D eigenvalue weighted by Gasteiger charge is 2.29. The normalized spacial score (nSPS) is 22.6. The molecule has 4 heteroatoms. The van der Waals surface area contributed by atoms with Crippen LogP contribution in [-0.4, -0.2) is 35.3 Å². The van der Waals surface area contributed by atoms with Gasteiger partial charge in [0.05, 0.1) is 18.0 Å². The van der Waals surface area contributed by atoms with Crippen molar-refractivity contribution in [3.05, 3.63) is 48.2 Å². The molecule has 0 unspecified atom stereocenters. The zero-order valence-corrected chi connectivity index (χ0v) is 12.0. The van der Waals surface area contributed by atoms with Crippen molar-refractivity contribution in [2.24, 2.45) is 0 Å². The summed E-state index contributed by atoms with van der Waals surface area (Å²) in [5.74, 6) is 0.413. The molecule has 2 atom stereocenters. The van der Waals surface area contributed by atoms with Gasteiger partial charge in [0.25, 0.3) is 0 Å². The third-order valence-electron chi connectivity index (χ3n) is 3.85. The second-order valence-electron chi connectivity index (χ2n) is 5.23. The van der Waals surface area contributed by atoms with E-state index in [0.717, 1.165) is 32.3 Å². The van der Waals surface area contributed by atoms with Crippen LogP contribution >= 0.6 is 11.6 Å². The van der Waals surface area contributed by atoms with Crippen LogP contribution in [0.5, 0.6) is 0 Å². The van der Waals surface area contributed by atoms with E-state index in [-0.39, 0.29) is 12.1 Å². The lowest BCUT2D eigenvalue weighted by atomic mass is 9.61. The number of halogens is 1. The Morgan fingerprint density at radius 3 is 2.79 bits per heavy atom. The van der Waals surface area contributed by atoms with Gasteiger partial charge in [-0.3, -0.25) is 0 Å². The monoisotopic (exact) mass is 277 g/mol. The molecule has 1 saturated heterocycles. The minimum atomic E-state index is -0.266. The molecule has 0 bridgehead atoms. The summed E-state index contributed by atoms with van der Waals surface area (Å²) in [7, 11) is 1.12. The highest BCUT2D eigenvalue weighted by atomic mass is 35.5. The molecule has 0 radical (unpaired) electrons. The average Bonchev–Trinajstić information content (AvgIpc) is 2.46. The van der Waals surface area contributed by atoms with Crippen LogP contribution in [0.1, 0.15) is 12.0 Å². The summed E-state index contributed by atoms with van der Waals surface area (Å²) in [5, 5.41) is 10.2. The van der Waals surface area contributed by atoms with Crippen molar-refractivity contribution in [3.63, 3.8) is 0 Å². The average molecular weight is 278 g/mol. The Bertz CT molecular complexity index is 412. The van der Waals surface area contributed by atoms with Crippen molar-refractivity contribution in [2.45, 2.75) is 37.8 Å². The number of hydrogen-bond acceptors (Lipinski definition) is 2. The van der Waals surface area contributed by atoms with Crippen molar-refractivity contribution in [2.75, 3.05) is 5.88 Å². The van der Waals surface area contributed by atoms with Crippen LogP contribution in [0.3, 0.4) is 0 Å². The second-order valence-corrected chi connectivity index (χ2v) is 5.50. The van der Waals surface area contributed by atoms with E-state index in [2.05, 4.69) is 23.6 Å². The topological polar surface area (TPSA) is 23.5 Å². The fourth-order valence-corrected chi connectivity index (χ4v) is 2.93. The number of aliphatic hydroxyl groups is 1. The molecular weight excluding hydrogens is 256 g/mol. The molecule has 19 heavy (non-hydrogen) atoms. The quantitative estimate of drug-likeness (QED) is 0.661. The fraction of sp³-hybridized carbons (Fsp3) is 0.467. The Balaban J connectivity index is 2.13. The van der Waals surface area contributed by atoms with Crippen molar-refractivity contribution in [3.8, 4) is 0 Å². The molecule has 1 fully saturated rings. The Kier molecular flexibility index (Phi) is 5.35. The molecule has 1 N–H and O–H groups in total. The fourth-order valence-electron chi connectivity index (χ4n) is 2.78. The highest BCUT2D eigenvalue weighted by molar-refractivity contribution is 6.36. The van der Waals surface area contributed by atoms with Crippen LogP contribution in [0.25, 0.3) is 0 Å². The summed E-state index contributed by atoms with van der Waals surface area (Å²) >= 11 is 5.96. The first-order valence-corrected chi connectivity index (χ1v) is 7.48. The van der Waals surface area contributed by atoms with Crippen LogP contribution in [0.15, 0.2) is 42.6 Å². The van der Waals surface area contributed by atoms with Gasteiger partial charge in [-0.2, -0.15) is 0 Å². The van der Waals surface area contributed by atoms with E-state index in [4.69, 9.17) is 11.6 Å². The minimum Gasteiger partial charge on any atom is -0.392 e. The molecule has 1 aromatic rings. The van der Waals surface area contributed by atoms with Gasteiger partial charge in [-0.25, -0.2) is 0 Å². The van der Waals surface area contributed by atoms with Crippen molar-refractivity contribution >= 4 is 18.9 Å². The summed E-state index contributed by atoms with van der Waals surface area (Å²) in [6.07, 6.45) is 2.80. The Hall–Kier alpha value is -0.925. The first-order chi connectivity index (χ1) is 9.22. The lowest BCUT2D eigenvalue weighted by Crippen LogP contribution is -2.45. The number of benzene rings is 1. The molecule has 0 amide bonds. The highest BCUT2D eigenvalue weighted by Crippen LogP contribution is 2.25.